The van der Waals surface area contributed by atoms with Crippen LogP contribution >= 0.6 is 11.3 Å². The van der Waals surface area contributed by atoms with Gasteiger partial charge in [0.2, 0.25) is 5.13 Å². The molecule has 22 heavy (non-hydrogen) atoms. The molecule has 2 heterocycles. The Labute approximate surface area is 130 Å². The summed E-state index contributed by atoms with van der Waals surface area (Å²) in [4.78, 5) is 19.5. The number of carbonyl (C=O) groups excluding carboxylic acids is 1. The average Bonchev–Trinajstić information content (AvgIpc) is 3.11. The normalized spacial score (nSPS) is 11.0. The molecule has 0 spiro atoms. The van der Waals surface area contributed by atoms with Gasteiger partial charge >= 0.3 is 0 Å². The van der Waals surface area contributed by atoms with Crippen molar-refractivity contribution in [2.24, 2.45) is 0 Å². The highest BCUT2D eigenvalue weighted by Gasteiger charge is 2.14. The van der Waals surface area contributed by atoms with Gasteiger partial charge in [0.25, 0.3) is 5.91 Å². The van der Waals surface area contributed by atoms with Crippen LogP contribution in [0.15, 0.2) is 18.2 Å². The van der Waals surface area contributed by atoms with Gasteiger partial charge in [-0.3, -0.25) is 10.1 Å². The van der Waals surface area contributed by atoms with Gasteiger partial charge in [-0.2, -0.15) is 0 Å². The van der Waals surface area contributed by atoms with E-state index in [9.17, 15) is 4.79 Å². The Kier molecular flexibility index (Phi) is 4.12. The number of hydrogen-bond acceptors (Lipinski definition) is 6. The van der Waals surface area contributed by atoms with Gasteiger partial charge in [-0.25, -0.2) is 4.98 Å². The van der Waals surface area contributed by atoms with Crippen LogP contribution in [0.4, 0.5) is 5.13 Å². The molecule has 0 bridgehead atoms. The topological polar surface area (TPSA) is 92.8 Å². The molecule has 0 atom stereocenters. The summed E-state index contributed by atoms with van der Waals surface area (Å²) in [5.41, 5.74) is 2.69. The lowest BCUT2D eigenvalue weighted by atomic mass is 10.2. The van der Waals surface area contributed by atoms with Gasteiger partial charge in [-0.1, -0.05) is 17.4 Å². The maximum atomic E-state index is 12.2. The van der Waals surface area contributed by atoms with E-state index >= 15 is 0 Å². The van der Waals surface area contributed by atoms with Gasteiger partial charge in [-0.05, 0) is 31.5 Å². The fourth-order valence-electron chi connectivity index (χ4n) is 1.94. The van der Waals surface area contributed by atoms with Crippen molar-refractivity contribution in [1.29, 1.82) is 0 Å². The molecule has 8 heteroatoms. The highest BCUT2D eigenvalue weighted by molar-refractivity contribution is 7.15. The lowest BCUT2D eigenvalue weighted by Gasteiger charge is -1.96. The minimum Gasteiger partial charge on any atom is -0.374 e. The van der Waals surface area contributed by atoms with Crippen LogP contribution < -0.4 is 5.32 Å². The Morgan fingerprint density at radius 3 is 3.09 bits per heavy atom. The minimum absolute atomic E-state index is 0.252. The number of H-pyrrole nitrogens is 1. The van der Waals surface area contributed by atoms with Crippen molar-refractivity contribution in [3.63, 3.8) is 0 Å². The summed E-state index contributed by atoms with van der Waals surface area (Å²) in [6.45, 7) is 4.90. The largest absolute Gasteiger partial charge is 0.374 e. The van der Waals surface area contributed by atoms with Crippen LogP contribution in [0.3, 0.4) is 0 Å². The maximum Gasteiger partial charge on any atom is 0.293 e. The zero-order chi connectivity index (χ0) is 15.5. The smallest absolute Gasteiger partial charge is 0.293 e. The predicted octanol–water partition coefficient (Wildman–Crippen LogP) is 2.51. The number of rotatable bonds is 5. The van der Waals surface area contributed by atoms with E-state index in [4.69, 9.17) is 4.74 Å². The number of nitrogens with one attached hydrogen (secondary N) is 2. The van der Waals surface area contributed by atoms with Gasteiger partial charge < -0.3 is 9.72 Å². The van der Waals surface area contributed by atoms with E-state index in [1.165, 1.54) is 11.3 Å². The second-order valence-electron chi connectivity index (χ2n) is 4.70. The number of amides is 1. The molecule has 3 rings (SSSR count). The third-order valence-corrected chi connectivity index (χ3v) is 3.78. The number of nitrogens with zero attached hydrogens (tertiary/aromatic N) is 3. The van der Waals surface area contributed by atoms with Crippen LogP contribution in [0.2, 0.25) is 0 Å². The zero-order valence-corrected chi connectivity index (χ0v) is 13.0. The van der Waals surface area contributed by atoms with Crippen molar-refractivity contribution in [3.05, 3.63) is 34.6 Å². The van der Waals surface area contributed by atoms with Crippen molar-refractivity contribution in [1.82, 2.24) is 20.2 Å². The molecule has 0 fully saturated rings. The van der Waals surface area contributed by atoms with E-state index in [0.29, 0.717) is 18.3 Å². The highest BCUT2D eigenvalue weighted by Crippen LogP contribution is 2.18. The Balaban J connectivity index is 1.73. The standard InChI is InChI=1S/C14H15N5O2S/c1-3-21-7-11-18-19-14(22-11)17-13(20)12-15-9-5-4-8(2)6-10(9)16-12/h4-6H,3,7H2,1-2H3,(H,15,16)(H,17,19,20). The number of benzene rings is 1. The van der Waals surface area contributed by atoms with Crippen molar-refractivity contribution in [2.45, 2.75) is 20.5 Å². The fraction of sp³-hybridized carbons (Fsp3) is 0.286. The van der Waals surface area contributed by atoms with Gasteiger partial charge in [0.05, 0.1) is 11.0 Å². The first-order valence-electron chi connectivity index (χ1n) is 6.83. The summed E-state index contributed by atoms with van der Waals surface area (Å²) in [7, 11) is 0. The van der Waals surface area contributed by atoms with Crippen LogP contribution in [0.25, 0.3) is 11.0 Å². The first-order valence-corrected chi connectivity index (χ1v) is 7.65. The van der Waals surface area contributed by atoms with Crippen LogP contribution in [-0.2, 0) is 11.3 Å². The first-order chi connectivity index (χ1) is 10.7. The SMILES string of the molecule is CCOCc1nnc(NC(=O)c2nc3ccc(C)cc3[nH]2)s1. The van der Waals surface area contributed by atoms with Gasteiger partial charge in [-0.15, -0.1) is 10.2 Å². The second-order valence-corrected chi connectivity index (χ2v) is 5.76. The lowest BCUT2D eigenvalue weighted by molar-refractivity contribution is 0.101. The van der Waals surface area contributed by atoms with E-state index in [2.05, 4.69) is 25.5 Å². The molecule has 0 unspecified atom stereocenters. The quantitative estimate of drug-likeness (QED) is 0.754. The molecule has 0 aliphatic rings. The van der Waals surface area contributed by atoms with Gasteiger partial charge in [0, 0.05) is 6.61 Å². The van der Waals surface area contributed by atoms with Crippen LogP contribution in [0, 0.1) is 6.92 Å². The van der Waals surface area contributed by atoms with E-state index in [0.717, 1.165) is 21.6 Å². The first kappa shape index (κ1) is 14.6. The molecule has 2 aromatic heterocycles. The molecular formula is C14H15N5O2S. The van der Waals surface area contributed by atoms with E-state index < -0.39 is 0 Å². The van der Waals surface area contributed by atoms with Crippen molar-refractivity contribution < 1.29 is 9.53 Å². The fourth-order valence-corrected chi connectivity index (χ4v) is 2.61. The predicted molar refractivity (Wildman–Crippen MR) is 84.0 cm³/mol. The number of anilines is 1. The zero-order valence-electron chi connectivity index (χ0n) is 12.2. The molecule has 2 N–H and O–H groups in total. The molecule has 0 saturated carbocycles. The Morgan fingerprint density at radius 1 is 1.41 bits per heavy atom. The summed E-state index contributed by atoms with van der Waals surface area (Å²) in [5, 5.41) is 11.7. The number of aromatic amines is 1. The van der Waals surface area contributed by atoms with Gasteiger partial charge in [0.15, 0.2) is 5.82 Å². The number of hydrogen-bond donors (Lipinski definition) is 2. The monoisotopic (exact) mass is 317 g/mol. The van der Waals surface area contributed by atoms with Crippen molar-refractivity contribution in [3.8, 4) is 0 Å². The van der Waals surface area contributed by atoms with Crippen LogP contribution in [-0.4, -0.2) is 32.7 Å². The summed E-state index contributed by atoms with van der Waals surface area (Å²) >= 11 is 1.28. The molecule has 114 valence electrons. The molecule has 0 radical (unpaired) electrons. The molecule has 0 saturated heterocycles. The van der Waals surface area contributed by atoms with E-state index in [1.54, 1.807) is 0 Å². The second kappa shape index (κ2) is 6.20. The molecule has 0 aliphatic carbocycles. The van der Waals surface area contributed by atoms with E-state index in [-0.39, 0.29) is 11.7 Å². The Morgan fingerprint density at radius 2 is 2.27 bits per heavy atom. The highest BCUT2D eigenvalue weighted by atomic mass is 32.1. The molecule has 3 aromatic rings. The number of fused-ring (bicyclic) bond motifs is 1. The summed E-state index contributed by atoms with van der Waals surface area (Å²) < 4.78 is 5.25. The van der Waals surface area contributed by atoms with E-state index in [1.807, 2.05) is 32.0 Å². The molecule has 1 amide bonds. The minimum atomic E-state index is -0.340. The number of ether oxygens (including phenoxy) is 1. The molecule has 1 aromatic carbocycles. The van der Waals surface area contributed by atoms with Crippen LogP contribution in [0.5, 0.6) is 0 Å². The molecular weight excluding hydrogens is 302 g/mol. The van der Waals surface area contributed by atoms with Crippen LogP contribution in [0.1, 0.15) is 28.1 Å². The molecule has 0 aliphatic heterocycles. The average molecular weight is 317 g/mol. The number of aryl methyl sites for hydroxylation is 1. The molecule has 7 nitrogen and oxygen atoms in total. The number of aromatic nitrogens is 4. The van der Waals surface area contributed by atoms with Crippen molar-refractivity contribution >= 4 is 33.4 Å². The summed E-state index contributed by atoms with van der Waals surface area (Å²) in [6, 6.07) is 5.78. The number of imidazole rings is 1. The summed E-state index contributed by atoms with van der Waals surface area (Å²) in [5.74, 6) is -0.0879. The lowest BCUT2D eigenvalue weighted by Crippen LogP contribution is -2.13. The number of carbonyl (C=O) groups is 1. The third-order valence-electron chi connectivity index (χ3n) is 2.97. The Bertz CT molecular complexity index is 811. The van der Waals surface area contributed by atoms with Gasteiger partial charge in [0.1, 0.15) is 11.6 Å². The maximum absolute atomic E-state index is 12.2. The van der Waals surface area contributed by atoms with Crippen molar-refractivity contribution in [2.75, 3.05) is 11.9 Å². The Hall–Kier alpha value is -2.32. The third kappa shape index (κ3) is 3.12. The summed E-state index contributed by atoms with van der Waals surface area (Å²) in [6.07, 6.45) is 0.